The highest BCUT2D eigenvalue weighted by atomic mass is 16.5. The molecule has 0 bridgehead atoms. The Kier molecular flexibility index (Phi) is 8.31. The topological polar surface area (TPSA) is 30.5 Å². The van der Waals surface area contributed by atoms with Crippen molar-refractivity contribution in [2.75, 3.05) is 19.8 Å². The molecule has 1 rings (SSSR count). The molecular weight excluding hydrogens is 250 g/mol. The van der Waals surface area contributed by atoms with Crippen LogP contribution in [0.2, 0.25) is 0 Å². The lowest BCUT2D eigenvalue weighted by Crippen LogP contribution is -2.19. The third kappa shape index (κ3) is 7.51. The number of hydrogen-bond donors (Lipinski definition) is 1. The second-order valence-corrected chi connectivity index (χ2v) is 5.61. The van der Waals surface area contributed by atoms with Gasteiger partial charge in [-0.15, -0.1) is 0 Å². The summed E-state index contributed by atoms with van der Waals surface area (Å²) < 4.78 is 11.3. The van der Waals surface area contributed by atoms with Gasteiger partial charge in [0, 0.05) is 6.54 Å². The average Bonchev–Trinajstić information content (AvgIpc) is 2.43. The third-order valence-corrected chi connectivity index (χ3v) is 3.11. The number of ether oxygens (including phenoxy) is 2. The zero-order chi connectivity index (χ0) is 14.8. The Morgan fingerprint density at radius 3 is 2.65 bits per heavy atom. The summed E-state index contributed by atoms with van der Waals surface area (Å²) in [5.74, 6) is 1.59. The molecule has 1 aromatic rings. The molecule has 0 aromatic heterocycles. The van der Waals surface area contributed by atoms with Crippen molar-refractivity contribution in [3.63, 3.8) is 0 Å². The molecule has 1 atom stereocenters. The van der Waals surface area contributed by atoms with E-state index in [0.29, 0.717) is 25.2 Å². The van der Waals surface area contributed by atoms with Gasteiger partial charge in [-0.25, -0.2) is 0 Å². The molecule has 20 heavy (non-hydrogen) atoms. The molecule has 0 amide bonds. The molecule has 1 unspecified atom stereocenters. The minimum Gasteiger partial charge on any atom is -0.491 e. The van der Waals surface area contributed by atoms with Gasteiger partial charge in [0.05, 0.1) is 12.7 Å². The second-order valence-electron chi connectivity index (χ2n) is 5.61. The molecule has 0 aliphatic carbocycles. The number of hydrogen-bond acceptors (Lipinski definition) is 3. The van der Waals surface area contributed by atoms with Crippen LogP contribution in [0.25, 0.3) is 0 Å². The van der Waals surface area contributed by atoms with Crippen molar-refractivity contribution in [1.29, 1.82) is 0 Å². The van der Waals surface area contributed by atoms with Gasteiger partial charge in [0.15, 0.2) is 0 Å². The van der Waals surface area contributed by atoms with Crippen LogP contribution in [-0.4, -0.2) is 25.9 Å². The zero-order valence-corrected chi connectivity index (χ0v) is 13.3. The summed E-state index contributed by atoms with van der Waals surface area (Å²) in [6.45, 7) is 11.8. The maximum Gasteiger partial charge on any atom is 0.119 e. The highest BCUT2D eigenvalue weighted by Gasteiger charge is 2.00. The van der Waals surface area contributed by atoms with Crippen LogP contribution in [-0.2, 0) is 11.3 Å². The van der Waals surface area contributed by atoms with Crippen LogP contribution in [0.5, 0.6) is 5.75 Å². The molecule has 1 aromatic carbocycles. The molecule has 0 saturated carbocycles. The van der Waals surface area contributed by atoms with Crippen LogP contribution in [0.4, 0.5) is 0 Å². The Balaban J connectivity index is 2.28. The van der Waals surface area contributed by atoms with Gasteiger partial charge in [0.1, 0.15) is 12.4 Å². The predicted octanol–water partition coefficient (Wildman–Crippen LogP) is 3.63. The molecule has 0 radical (unpaired) electrons. The summed E-state index contributed by atoms with van der Waals surface area (Å²) in [7, 11) is 0. The number of rotatable bonds is 10. The predicted molar refractivity (Wildman–Crippen MR) is 84.2 cm³/mol. The molecule has 3 nitrogen and oxygen atoms in total. The molecule has 0 aliphatic rings. The number of benzene rings is 1. The van der Waals surface area contributed by atoms with Crippen molar-refractivity contribution in [3.8, 4) is 5.75 Å². The SMILES string of the molecule is CCC(C)OCCOc1cccc(CNCC(C)C)c1. The first-order valence-electron chi connectivity index (χ1n) is 7.65. The smallest absolute Gasteiger partial charge is 0.119 e. The maximum absolute atomic E-state index is 5.72. The molecule has 114 valence electrons. The van der Waals surface area contributed by atoms with Gasteiger partial charge in [0.2, 0.25) is 0 Å². The Labute approximate surface area is 123 Å². The molecule has 0 saturated heterocycles. The third-order valence-electron chi connectivity index (χ3n) is 3.11. The van der Waals surface area contributed by atoms with E-state index in [2.05, 4.69) is 45.1 Å². The van der Waals surface area contributed by atoms with E-state index in [4.69, 9.17) is 9.47 Å². The first-order chi connectivity index (χ1) is 9.61. The molecule has 1 N–H and O–H groups in total. The van der Waals surface area contributed by atoms with Crippen molar-refractivity contribution in [2.45, 2.75) is 46.8 Å². The molecule has 0 spiro atoms. The lowest BCUT2D eigenvalue weighted by Gasteiger charge is -2.12. The Morgan fingerprint density at radius 2 is 1.95 bits per heavy atom. The van der Waals surface area contributed by atoms with Crippen molar-refractivity contribution >= 4 is 0 Å². The lowest BCUT2D eigenvalue weighted by atomic mass is 10.2. The average molecular weight is 279 g/mol. The first-order valence-corrected chi connectivity index (χ1v) is 7.65. The minimum atomic E-state index is 0.310. The summed E-state index contributed by atoms with van der Waals surface area (Å²) in [6.07, 6.45) is 1.35. The lowest BCUT2D eigenvalue weighted by molar-refractivity contribution is 0.0426. The molecule has 0 aliphatic heterocycles. The molecule has 3 heteroatoms. The van der Waals surface area contributed by atoms with E-state index >= 15 is 0 Å². The Hall–Kier alpha value is -1.06. The monoisotopic (exact) mass is 279 g/mol. The van der Waals surface area contributed by atoms with E-state index in [1.165, 1.54) is 5.56 Å². The summed E-state index contributed by atoms with van der Waals surface area (Å²) in [4.78, 5) is 0. The summed E-state index contributed by atoms with van der Waals surface area (Å²) in [5, 5.41) is 3.44. The van der Waals surface area contributed by atoms with Gasteiger partial charge < -0.3 is 14.8 Å². The van der Waals surface area contributed by atoms with Gasteiger partial charge in [-0.3, -0.25) is 0 Å². The van der Waals surface area contributed by atoms with Crippen molar-refractivity contribution in [1.82, 2.24) is 5.32 Å². The highest BCUT2D eigenvalue weighted by molar-refractivity contribution is 5.28. The van der Waals surface area contributed by atoms with Crippen LogP contribution >= 0.6 is 0 Å². The Bertz CT molecular complexity index is 366. The van der Waals surface area contributed by atoms with E-state index in [-0.39, 0.29) is 0 Å². The fourth-order valence-electron chi connectivity index (χ4n) is 1.78. The first kappa shape index (κ1) is 17.0. The van der Waals surface area contributed by atoms with Gasteiger partial charge in [-0.2, -0.15) is 0 Å². The second kappa shape index (κ2) is 9.78. The van der Waals surface area contributed by atoms with E-state index in [9.17, 15) is 0 Å². The molecular formula is C17H29NO2. The normalized spacial score (nSPS) is 12.7. The van der Waals surface area contributed by atoms with Crippen molar-refractivity contribution in [3.05, 3.63) is 29.8 Å². The molecule has 0 heterocycles. The van der Waals surface area contributed by atoms with Crippen molar-refractivity contribution in [2.24, 2.45) is 5.92 Å². The van der Waals surface area contributed by atoms with E-state index in [1.807, 2.05) is 12.1 Å². The van der Waals surface area contributed by atoms with E-state index in [1.54, 1.807) is 0 Å². The van der Waals surface area contributed by atoms with E-state index < -0.39 is 0 Å². The fraction of sp³-hybridized carbons (Fsp3) is 0.647. The largest absolute Gasteiger partial charge is 0.491 e. The fourth-order valence-corrected chi connectivity index (χ4v) is 1.78. The van der Waals surface area contributed by atoms with Crippen molar-refractivity contribution < 1.29 is 9.47 Å². The molecule has 0 fully saturated rings. The van der Waals surface area contributed by atoms with Gasteiger partial charge >= 0.3 is 0 Å². The maximum atomic E-state index is 5.72. The summed E-state index contributed by atoms with van der Waals surface area (Å²) >= 11 is 0. The van der Waals surface area contributed by atoms with E-state index in [0.717, 1.165) is 25.3 Å². The number of nitrogens with one attached hydrogen (secondary N) is 1. The Morgan fingerprint density at radius 1 is 1.15 bits per heavy atom. The summed E-state index contributed by atoms with van der Waals surface area (Å²) in [5.41, 5.74) is 1.26. The zero-order valence-electron chi connectivity index (χ0n) is 13.3. The van der Waals surface area contributed by atoms with Crippen LogP contribution in [0.1, 0.15) is 39.7 Å². The standard InChI is InChI=1S/C17H29NO2/c1-5-15(4)19-9-10-20-17-8-6-7-16(11-17)13-18-12-14(2)3/h6-8,11,14-15,18H,5,9-10,12-13H2,1-4H3. The van der Waals surface area contributed by atoms with Crippen LogP contribution in [0, 0.1) is 5.92 Å². The quantitative estimate of drug-likeness (QED) is 0.663. The highest BCUT2D eigenvalue weighted by Crippen LogP contribution is 2.13. The van der Waals surface area contributed by atoms with Gasteiger partial charge in [-0.1, -0.05) is 32.9 Å². The van der Waals surface area contributed by atoms with Crippen LogP contribution < -0.4 is 10.1 Å². The van der Waals surface area contributed by atoms with Crippen LogP contribution in [0.3, 0.4) is 0 Å². The van der Waals surface area contributed by atoms with Gasteiger partial charge in [-0.05, 0) is 43.5 Å². The van der Waals surface area contributed by atoms with Gasteiger partial charge in [0.25, 0.3) is 0 Å². The summed E-state index contributed by atoms with van der Waals surface area (Å²) in [6, 6.07) is 8.25. The van der Waals surface area contributed by atoms with Crippen LogP contribution in [0.15, 0.2) is 24.3 Å². The minimum absolute atomic E-state index is 0.310.